The van der Waals surface area contributed by atoms with Crippen LogP contribution in [0.25, 0.3) is 10.9 Å². The average Bonchev–Trinajstić information content (AvgIpc) is 3.11. The van der Waals surface area contributed by atoms with Crippen molar-refractivity contribution < 1.29 is 14.4 Å². The lowest BCUT2D eigenvalue weighted by Gasteiger charge is -2.20. The zero-order valence-electron chi connectivity index (χ0n) is 16.6. The molecule has 1 heterocycles. The molecule has 11 nitrogen and oxygen atoms in total. The van der Waals surface area contributed by atoms with Gasteiger partial charge in [-0.25, -0.2) is 0 Å². The second kappa shape index (κ2) is 10.8. The summed E-state index contributed by atoms with van der Waals surface area (Å²) in [4.78, 5) is 42.9. The Morgan fingerprint density at radius 2 is 1.83 bits per heavy atom. The standard InChI is InChI=1S/C19H28N8O3/c20-13(8-11-9-25-14-5-2-1-4-12(11)14)17(29)27-15(6-3-7-24-19(22)23)18(30)26-10-16(21)28/h1-2,4-5,9,13,15,25H,3,6-8,10,20H2,(H2,21,28)(H,26,30)(H,27,29)(H4,22,23,24)/t13-,15+/m1/s1. The SMILES string of the molecule is NC(=O)CNC(=O)[C@H](CCCN=C(N)N)NC(=O)[C@H](N)Cc1c[nH]c2ccccc12. The van der Waals surface area contributed by atoms with Crippen molar-refractivity contribution in [1.29, 1.82) is 0 Å². The number of aromatic nitrogens is 1. The van der Waals surface area contributed by atoms with Gasteiger partial charge in [0.25, 0.3) is 0 Å². The minimum Gasteiger partial charge on any atom is -0.370 e. The lowest BCUT2D eigenvalue weighted by atomic mass is 10.0. The van der Waals surface area contributed by atoms with Gasteiger partial charge in [-0.2, -0.15) is 0 Å². The van der Waals surface area contributed by atoms with Crippen LogP contribution in [0.1, 0.15) is 18.4 Å². The molecule has 162 valence electrons. The fraction of sp³-hybridized carbons (Fsp3) is 0.368. The Balaban J connectivity index is 2.00. The highest BCUT2D eigenvalue weighted by Crippen LogP contribution is 2.18. The maximum absolute atomic E-state index is 12.6. The van der Waals surface area contributed by atoms with Crippen LogP contribution in [0.3, 0.4) is 0 Å². The van der Waals surface area contributed by atoms with Gasteiger partial charge in [0.15, 0.2) is 5.96 Å². The summed E-state index contributed by atoms with van der Waals surface area (Å²) in [6.45, 7) is -0.0420. The molecule has 1 aromatic heterocycles. The largest absolute Gasteiger partial charge is 0.370 e. The highest BCUT2D eigenvalue weighted by Gasteiger charge is 2.24. The molecule has 0 aliphatic heterocycles. The predicted molar refractivity (Wildman–Crippen MR) is 114 cm³/mol. The number of nitrogens with zero attached hydrogens (tertiary/aromatic N) is 1. The zero-order chi connectivity index (χ0) is 22.1. The summed E-state index contributed by atoms with van der Waals surface area (Å²) >= 11 is 0. The van der Waals surface area contributed by atoms with Gasteiger partial charge in [-0.3, -0.25) is 19.4 Å². The zero-order valence-corrected chi connectivity index (χ0v) is 16.6. The van der Waals surface area contributed by atoms with Crippen LogP contribution in [0, 0.1) is 0 Å². The summed E-state index contributed by atoms with van der Waals surface area (Å²) in [5.41, 5.74) is 23.5. The second-order valence-electron chi connectivity index (χ2n) is 6.86. The molecule has 30 heavy (non-hydrogen) atoms. The van der Waals surface area contributed by atoms with Gasteiger partial charge in [0.2, 0.25) is 17.7 Å². The summed E-state index contributed by atoms with van der Waals surface area (Å²) in [5.74, 6) is -1.77. The monoisotopic (exact) mass is 416 g/mol. The first kappa shape index (κ1) is 22.7. The van der Waals surface area contributed by atoms with Gasteiger partial charge in [-0.05, 0) is 30.9 Å². The van der Waals surface area contributed by atoms with E-state index in [9.17, 15) is 14.4 Å². The van der Waals surface area contributed by atoms with Crippen molar-refractivity contribution in [3.05, 3.63) is 36.0 Å². The lowest BCUT2D eigenvalue weighted by molar-refractivity contribution is -0.130. The number of aromatic amines is 1. The summed E-state index contributed by atoms with van der Waals surface area (Å²) in [6.07, 6.45) is 2.79. The van der Waals surface area contributed by atoms with Gasteiger partial charge in [0.1, 0.15) is 6.04 Å². The van der Waals surface area contributed by atoms with E-state index >= 15 is 0 Å². The molecule has 2 aromatic rings. The van der Waals surface area contributed by atoms with Gasteiger partial charge in [0, 0.05) is 23.6 Å². The molecule has 0 radical (unpaired) electrons. The molecular weight excluding hydrogens is 388 g/mol. The van der Waals surface area contributed by atoms with Crippen molar-refractivity contribution in [2.24, 2.45) is 27.9 Å². The summed E-state index contributed by atoms with van der Waals surface area (Å²) < 4.78 is 0. The molecule has 0 saturated heterocycles. The molecule has 11 heteroatoms. The Labute approximate surface area is 173 Å². The number of aliphatic imine (C=N–C) groups is 1. The number of carbonyl (C=O) groups excluding carboxylic acids is 3. The Kier molecular flexibility index (Phi) is 8.18. The fourth-order valence-electron chi connectivity index (χ4n) is 2.98. The molecule has 2 rings (SSSR count). The highest BCUT2D eigenvalue weighted by molar-refractivity contribution is 5.92. The molecule has 1 aromatic carbocycles. The lowest BCUT2D eigenvalue weighted by Crippen LogP contribution is -2.53. The molecule has 0 saturated carbocycles. The molecule has 0 aliphatic carbocycles. The molecule has 0 unspecified atom stereocenters. The van der Waals surface area contributed by atoms with E-state index in [0.717, 1.165) is 16.5 Å². The van der Waals surface area contributed by atoms with E-state index < -0.39 is 29.8 Å². The number of primary amides is 1. The Morgan fingerprint density at radius 1 is 1.10 bits per heavy atom. The van der Waals surface area contributed by atoms with Crippen LogP contribution in [0.5, 0.6) is 0 Å². The number of hydrogen-bond donors (Lipinski definition) is 7. The van der Waals surface area contributed by atoms with Crippen molar-refractivity contribution >= 4 is 34.6 Å². The molecular formula is C19H28N8O3. The van der Waals surface area contributed by atoms with E-state index in [-0.39, 0.29) is 18.9 Å². The number of H-pyrrole nitrogens is 1. The van der Waals surface area contributed by atoms with E-state index in [0.29, 0.717) is 19.4 Å². The third-order valence-electron chi connectivity index (χ3n) is 4.47. The molecule has 3 amide bonds. The summed E-state index contributed by atoms with van der Waals surface area (Å²) in [5, 5.41) is 6.01. The van der Waals surface area contributed by atoms with Crippen LogP contribution in [-0.2, 0) is 20.8 Å². The van der Waals surface area contributed by atoms with Crippen molar-refractivity contribution in [2.45, 2.75) is 31.3 Å². The van der Waals surface area contributed by atoms with Crippen LogP contribution in [0.15, 0.2) is 35.5 Å². The normalized spacial score (nSPS) is 12.7. The van der Waals surface area contributed by atoms with Crippen molar-refractivity contribution in [1.82, 2.24) is 15.6 Å². The molecule has 0 bridgehead atoms. The molecule has 2 atom stereocenters. The molecule has 11 N–H and O–H groups in total. The Morgan fingerprint density at radius 3 is 2.53 bits per heavy atom. The average molecular weight is 416 g/mol. The maximum Gasteiger partial charge on any atom is 0.243 e. The van der Waals surface area contributed by atoms with Crippen LogP contribution in [0.4, 0.5) is 0 Å². The number of hydrogen-bond acceptors (Lipinski definition) is 5. The van der Waals surface area contributed by atoms with Crippen molar-refractivity contribution in [3.8, 4) is 0 Å². The summed E-state index contributed by atoms with van der Waals surface area (Å²) in [7, 11) is 0. The van der Waals surface area contributed by atoms with Gasteiger partial charge in [-0.15, -0.1) is 0 Å². The molecule has 0 aliphatic rings. The van der Waals surface area contributed by atoms with E-state index in [1.165, 1.54) is 0 Å². The van der Waals surface area contributed by atoms with Crippen molar-refractivity contribution in [2.75, 3.05) is 13.1 Å². The van der Waals surface area contributed by atoms with Gasteiger partial charge < -0.3 is 38.6 Å². The first-order valence-corrected chi connectivity index (χ1v) is 9.50. The number of amides is 3. The van der Waals surface area contributed by atoms with E-state index in [1.54, 1.807) is 0 Å². The number of para-hydroxylation sites is 1. The second-order valence-corrected chi connectivity index (χ2v) is 6.86. The van der Waals surface area contributed by atoms with E-state index in [1.807, 2.05) is 30.5 Å². The first-order valence-electron chi connectivity index (χ1n) is 9.50. The van der Waals surface area contributed by atoms with Crippen LogP contribution in [-0.4, -0.2) is 53.8 Å². The van der Waals surface area contributed by atoms with Gasteiger partial charge in [-0.1, -0.05) is 18.2 Å². The molecule has 0 fully saturated rings. The van der Waals surface area contributed by atoms with Crippen LogP contribution >= 0.6 is 0 Å². The van der Waals surface area contributed by atoms with Gasteiger partial charge in [0.05, 0.1) is 12.6 Å². The topological polar surface area (TPSA) is 208 Å². The van der Waals surface area contributed by atoms with E-state index in [4.69, 9.17) is 22.9 Å². The van der Waals surface area contributed by atoms with Crippen molar-refractivity contribution in [3.63, 3.8) is 0 Å². The quantitative estimate of drug-likeness (QED) is 0.127. The van der Waals surface area contributed by atoms with Crippen LogP contribution < -0.4 is 33.6 Å². The number of fused-ring (bicyclic) bond motifs is 1. The number of benzene rings is 1. The Hall–Kier alpha value is -3.60. The smallest absolute Gasteiger partial charge is 0.243 e. The number of rotatable bonds is 11. The molecule has 0 spiro atoms. The highest BCUT2D eigenvalue weighted by atomic mass is 16.2. The predicted octanol–water partition coefficient (Wildman–Crippen LogP) is -1.82. The number of nitrogens with one attached hydrogen (secondary N) is 3. The third-order valence-corrected chi connectivity index (χ3v) is 4.47. The minimum atomic E-state index is -0.903. The van der Waals surface area contributed by atoms with Gasteiger partial charge >= 0.3 is 0 Å². The number of nitrogens with two attached hydrogens (primary N) is 4. The maximum atomic E-state index is 12.6. The Bertz CT molecular complexity index is 919. The fourth-order valence-corrected chi connectivity index (χ4v) is 2.98. The van der Waals surface area contributed by atoms with E-state index in [2.05, 4.69) is 20.6 Å². The summed E-state index contributed by atoms with van der Waals surface area (Å²) in [6, 6.07) is 5.91. The first-order chi connectivity index (χ1) is 14.3. The number of guanidine groups is 1. The van der Waals surface area contributed by atoms with Crippen LogP contribution in [0.2, 0.25) is 0 Å². The minimum absolute atomic E-state index is 0.0606. The third kappa shape index (κ3) is 6.78. The number of carbonyl (C=O) groups is 3.